The molecule has 4 nitrogen and oxygen atoms in total. The molecule has 0 atom stereocenters. The maximum atomic E-state index is 12.4. The summed E-state index contributed by atoms with van der Waals surface area (Å²) in [6.45, 7) is 2.07. The molecule has 1 heterocycles. The number of aryl methyl sites for hydroxylation is 2. The lowest BCUT2D eigenvalue weighted by molar-refractivity contribution is -0.116. The lowest BCUT2D eigenvalue weighted by Gasteiger charge is -2.07. The molecule has 1 aromatic carbocycles. The van der Waals surface area contributed by atoms with Gasteiger partial charge < -0.3 is 10.1 Å². The predicted octanol–water partition coefficient (Wildman–Crippen LogP) is 5.62. The SMILES string of the molecule is COC(=O)c1c(NC(=O)CCCSc2ccc(C)cc2)sc2c1CCCCC2. The van der Waals surface area contributed by atoms with Crippen molar-refractivity contribution in [3.63, 3.8) is 0 Å². The minimum atomic E-state index is -0.343. The highest BCUT2D eigenvalue weighted by Gasteiger charge is 2.26. The average molecular weight is 418 g/mol. The minimum Gasteiger partial charge on any atom is -0.465 e. The monoisotopic (exact) mass is 417 g/mol. The van der Waals surface area contributed by atoms with Crippen molar-refractivity contribution in [1.82, 2.24) is 0 Å². The number of carbonyl (C=O) groups is 2. The van der Waals surface area contributed by atoms with Crippen molar-refractivity contribution in [1.29, 1.82) is 0 Å². The molecule has 0 unspecified atom stereocenters. The van der Waals surface area contributed by atoms with Crippen LogP contribution in [0.25, 0.3) is 0 Å². The Kier molecular flexibility index (Phi) is 7.57. The molecule has 2 aromatic rings. The lowest BCUT2D eigenvalue weighted by atomic mass is 10.1. The van der Waals surface area contributed by atoms with E-state index in [9.17, 15) is 9.59 Å². The topological polar surface area (TPSA) is 55.4 Å². The van der Waals surface area contributed by atoms with E-state index in [-0.39, 0.29) is 11.9 Å². The van der Waals surface area contributed by atoms with E-state index in [1.54, 1.807) is 23.1 Å². The van der Waals surface area contributed by atoms with Gasteiger partial charge in [0.1, 0.15) is 5.00 Å². The number of amides is 1. The number of anilines is 1. The first-order valence-electron chi connectivity index (χ1n) is 9.80. The summed E-state index contributed by atoms with van der Waals surface area (Å²) < 4.78 is 4.99. The van der Waals surface area contributed by atoms with Crippen LogP contribution in [0.15, 0.2) is 29.2 Å². The maximum Gasteiger partial charge on any atom is 0.341 e. The first-order valence-corrected chi connectivity index (χ1v) is 11.6. The Morgan fingerprint density at radius 3 is 2.64 bits per heavy atom. The Bertz CT molecular complexity index is 827. The summed E-state index contributed by atoms with van der Waals surface area (Å²) in [5, 5.41) is 3.64. The number of benzene rings is 1. The van der Waals surface area contributed by atoms with Crippen LogP contribution in [0.2, 0.25) is 0 Å². The number of nitrogens with one attached hydrogen (secondary N) is 1. The summed E-state index contributed by atoms with van der Waals surface area (Å²) >= 11 is 3.31. The molecule has 6 heteroatoms. The molecule has 0 saturated heterocycles. The van der Waals surface area contributed by atoms with Gasteiger partial charge in [-0.05, 0) is 62.5 Å². The van der Waals surface area contributed by atoms with Gasteiger partial charge in [0.05, 0.1) is 12.7 Å². The van der Waals surface area contributed by atoms with Crippen LogP contribution in [0.1, 0.15) is 58.5 Å². The fourth-order valence-corrected chi connectivity index (χ4v) is 5.54. The van der Waals surface area contributed by atoms with Crippen molar-refractivity contribution in [2.45, 2.75) is 56.8 Å². The van der Waals surface area contributed by atoms with E-state index in [0.717, 1.165) is 43.4 Å². The fraction of sp³-hybridized carbons (Fsp3) is 0.455. The molecule has 1 N–H and O–H groups in total. The van der Waals surface area contributed by atoms with Crippen molar-refractivity contribution in [3.8, 4) is 0 Å². The van der Waals surface area contributed by atoms with Crippen LogP contribution in [-0.2, 0) is 22.4 Å². The molecule has 0 saturated carbocycles. The first kappa shape index (κ1) is 20.9. The molecule has 1 amide bonds. The molecule has 1 aromatic heterocycles. The minimum absolute atomic E-state index is 0.0360. The van der Waals surface area contributed by atoms with E-state index >= 15 is 0 Å². The number of thioether (sulfide) groups is 1. The quantitative estimate of drug-likeness (QED) is 0.275. The number of hydrogen-bond acceptors (Lipinski definition) is 5. The summed E-state index contributed by atoms with van der Waals surface area (Å²) in [6.07, 6.45) is 6.51. The van der Waals surface area contributed by atoms with Gasteiger partial charge in [0.25, 0.3) is 0 Å². The molecule has 0 spiro atoms. The normalized spacial score (nSPS) is 13.5. The number of fused-ring (bicyclic) bond motifs is 1. The van der Waals surface area contributed by atoms with Crippen LogP contribution in [0.4, 0.5) is 5.00 Å². The number of methoxy groups -OCH3 is 1. The van der Waals surface area contributed by atoms with E-state index in [1.807, 2.05) is 0 Å². The van der Waals surface area contributed by atoms with Gasteiger partial charge in [-0.15, -0.1) is 23.1 Å². The van der Waals surface area contributed by atoms with Crippen molar-refractivity contribution in [2.75, 3.05) is 18.2 Å². The average Bonchev–Trinajstić information content (AvgIpc) is 2.86. The first-order chi connectivity index (χ1) is 13.6. The van der Waals surface area contributed by atoms with Crippen molar-refractivity contribution in [3.05, 3.63) is 45.8 Å². The highest BCUT2D eigenvalue weighted by atomic mass is 32.2. The summed E-state index contributed by atoms with van der Waals surface area (Å²) in [5.41, 5.74) is 2.91. The smallest absolute Gasteiger partial charge is 0.341 e. The van der Waals surface area contributed by atoms with Gasteiger partial charge in [-0.3, -0.25) is 4.79 Å². The summed E-state index contributed by atoms with van der Waals surface area (Å²) in [6, 6.07) is 8.43. The lowest BCUT2D eigenvalue weighted by Crippen LogP contribution is -2.14. The molecule has 28 heavy (non-hydrogen) atoms. The van der Waals surface area contributed by atoms with E-state index in [2.05, 4.69) is 36.5 Å². The molecule has 3 rings (SSSR count). The molecular weight excluding hydrogens is 390 g/mol. The van der Waals surface area contributed by atoms with E-state index in [4.69, 9.17) is 4.74 Å². The zero-order valence-corrected chi connectivity index (χ0v) is 18.1. The molecule has 0 fully saturated rings. The van der Waals surface area contributed by atoms with E-state index in [1.165, 1.54) is 28.9 Å². The zero-order chi connectivity index (χ0) is 19.9. The van der Waals surface area contributed by atoms with Crippen molar-refractivity contribution in [2.24, 2.45) is 0 Å². The number of rotatable bonds is 7. The number of thiophene rings is 1. The van der Waals surface area contributed by atoms with Gasteiger partial charge in [-0.2, -0.15) is 0 Å². The van der Waals surface area contributed by atoms with E-state index in [0.29, 0.717) is 17.0 Å². The third-order valence-electron chi connectivity index (χ3n) is 4.90. The Morgan fingerprint density at radius 1 is 1.14 bits per heavy atom. The van der Waals surface area contributed by atoms with Gasteiger partial charge >= 0.3 is 5.97 Å². The summed E-state index contributed by atoms with van der Waals surface area (Å²) in [5.74, 6) is 0.511. The number of carbonyl (C=O) groups excluding carboxylic acids is 2. The Balaban J connectivity index is 1.57. The highest BCUT2D eigenvalue weighted by Crippen LogP contribution is 2.38. The van der Waals surface area contributed by atoms with Crippen molar-refractivity contribution >= 4 is 40.0 Å². The summed E-state index contributed by atoms with van der Waals surface area (Å²) in [4.78, 5) is 27.2. The zero-order valence-electron chi connectivity index (χ0n) is 16.5. The molecule has 0 aliphatic heterocycles. The Hall–Kier alpha value is -1.79. The maximum absolute atomic E-state index is 12.4. The van der Waals surface area contributed by atoms with Crippen LogP contribution >= 0.6 is 23.1 Å². The van der Waals surface area contributed by atoms with E-state index < -0.39 is 0 Å². The second-order valence-corrected chi connectivity index (χ2v) is 9.35. The second kappa shape index (κ2) is 10.1. The van der Waals surface area contributed by atoms with Gasteiger partial charge in [0.15, 0.2) is 0 Å². The Labute approximate surface area is 175 Å². The largest absolute Gasteiger partial charge is 0.465 e. The fourth-order valence-electron chi connectivity index (χ4n) is 3.40. The highest BCUT2D eigenvalue weighted by molar-refractivity contribution is 7.99. The number of ether oxygens (including phenoxy) is 1. The van der Waals surface area contributed by atoms with Crippen LogP contribution in [0.3, 0.4) is 0 Å². The second-order valence-electron chi connectivity index (χ2n) is 7.07. The van der Waals surface area contributed by atoms with Gasteiger partial charge in [-0.1, -0.05) is 24.1 Å². The standard InChI is InChI=1S/C22H27NO3S2/c1-15-10-12-16(13-11-15)27-14-6-9-19(24)23-21-20(22(25)26-2)17-7-4-3-5-8-18(17)28-21/h10-13H,3-9,14H2,1-2H3,(H,23,24). The van der Waals surface area contributed by atoms with Crippen LogP contribution < -0.4 is 5.32 Å². The van der Waals surface area contributed by atoms with Crippen molar-refractivity contribution < 1.29 is 14.3 Å². The molecule has 0 radical (unpaired) electrons. The molecular formula is C22H27NO3S2. The third kappa shape index (κ3) is 5.39. The molecule has 1 aliphatic carbocycles. The molecule has 1 aliphatic rings. The van der Waals surface area contributed by atoms with Gasteiger partial charge in [-0.25, -0.2) is 4.79 Å². The summed E-state index contributed by atoms with van der Waals surface area (Å²) in [7, 11) is 1.40. The van der Waals surface area contributed by atoms with Gasteiger partial charge in [0.2, 0.25) is 5.91 Å². The number of hydrogen-bond donors (Lipinski definition) is 1. The Morgan fingerprint density at radius 2 is 1.89 bits per heavy atom. The van der Waals surface area contributed by atoms with Crippen LogP contribution in [0.5, 0.6) is 0 Å². The number of esters is 1. The molecule has 0 bridgehead atoms. The van der Waals surface area contributed by atoms with Crippen LogP contribution in [0, 0.1) is 6.92 Å². The predicted molar refractivity (Wildman–Crippen MR) is 117 cm³/mol. The van der Waals surface area contributed by atoms with Crippen LogP contribution in [-0.4, -0.2) is 24.7 Å². The van der Waals surface area contributed by atoms with Gasteiger partial charge in [0, 0.05) is 16.2 Å². The third-order valence-corrected chi connectivity index (χ3v) is 7.21. The molecule has 150 valence electrons.